The molecule has 4 N–H and O–H groups in total. The molecule has 0 saturated heterocycles. The van der Waals surface area contributed by atoms with Crippen LogP contribution < -0.4 is 11.5 Å². The van der Waals surface area contributed by atoms with Gasteiger partial charge in [0.05, 0.1) is 0 Å². The third kappa shape index (κ3) is 5.36. The monoisotopic (exact) mass is 257 g/mol. The molecule has 0 aliphatic carbocycles. The van der Waals surface area contributed by atoms with E-state index in [1.165, 1.54) is 0 Å². The fourth-order valence-corrected chi connectivity index (χ4v) is 2.53. The zero-order valence-corrected chi connectivity index (χ0v) is 12.8. The molecule has 0 aromatic rings. The second-order valence-electron chi connectivity index (χ2n) is 6.52. The average Bonchev–Trinajstić information content (AvgIpc) is 2.25. The van der Waals surface area contributed by atoms with Gasteiger partial charge in [0, 0.05) is 31.6 Å². The Morgan fingerprint density at radius 3 is 1.78 bits per heavy atom. The van der Waals surface area contributed by atoms with Crippen LogP contribution in [-0.2, 0) is 4.79 Å². The predicted molar refractivity (Wildman–Crippen MR) is 77.2 cm³/mol. The molecular weight excluding hydrogens is 226 g/mol. The highest BCUT2D eigenvalue weighted by molar-refractivity contribution is 5.82. The topological polar surface area (TPSA) is 72.3 Å². The first-order valence-electron chi connectivity index (χ1n) is 6.89. The summed E-state index contributed by atoms with van der Waals surface area (Å²) >= 11 is 0. The second-order valence-corrected chi connectivity index (χ2v) is 6.52. The smallest absolute Gasteiger partial charge is 0.228 e. The van der Waals surface area contributed by atoms with Crippen LogP contribution in [0.25, 0.3) is 0 Å². The van der Waals surface area contributed by atoms with Gasteiger partial charge in [-0.1, -0.05) is 34.6 Å². The van der Waals surface area contributed by atoms with E-state index in [1.54, 1.807) is 0 Å². The van der Waals surface area contributed by atoms with Crippen molar-refractivity contribution in [2.45, 2.75) is 47.5 Å². The first kappa shape index (κ1) is 17.4. The van der Waals surface area contributed by atoms with E-state index in [0.717, 1.165) is 12.8 Å². The highest BCUT2D eigenvalue weighted by atomic mass is 16.2. The lowest BCUT2D eigenvalue weighted by Gasteiger charge is -2.38. The van der Waals surface area contributed by atoms with Crippen molar-refractivity contribution in [1.29, 1.82) is 0 Å². The number of carbonyl (C=O) groups is 1. The van der Waals surface area contributed by atoms with E-state index in [4.69, 9.17) is 11.5 Å². The van der Waals surface area contributed by atoms with Crippen LogP contribution >= 0.6 is 0 Å². The minimum atomic E-state index is -0.317. The SMILES string of the molecule is CCC(C)(CC(C)(C)C)C(=O)N(CCN)CCN. The highest BCUT2D eigenvalue weighted by Gasteiger charge is 2.37. The molecule has 0 aromatic heterocycles. The van der Waals surface area contributed by atoms with Gasteiger partial charge in [0.1, 0.15) is 0 Å². The molecule has 4 heteroatoms. The van der Waals surface area contributed by atoms with Gasteiger partial charge in [-0.15, -0.1) is 0 Å². The third-order valence-electron chi connectivity index (χ3n) is 3.30. The van der Waals surface area contributed by atoms with Crippen molar-refractivity contribution in [3.8, 4) is 0 Å². The fraction of sp³-hybridized carbons (Fsp3) is 0.929. The van der Waals surface area contributed by atoms with E-state index in [9.17, 15) is 4.79 Å². The van der Waals surface area contributed by atoms with Crippen molar-refractivity contribution in [3.63, 3.8) is 0 Å². The summed E-state index contributed by atoms with van der Waals surface area (Å²) in [6.45, 7) is 12.8. The molecule has 0 aliphatic rings. The summed E-state index contributed by atoms with van der Waals surface area (Å²) in [5.41, 5.74) is 11.0. The molecule has 0 saturated carbocycles. The van der Waals surface area contributed by atoms with Crippen LogP contribution in [0.5, 0.6) is 0 Å². The lowest BCUT2D eigenvalue weighted by Crippen LogP contribution is -2.47. The van der Waals surface area contributed by atoms with Crippen LogP contribution in [0.2, 0.25) is 0 Å². The Morgan fingerprint density at radius 1 is 1.06 bits per heavy atom. The lowest BCUT2D eigenvalue weighted by molar-refractivity contribution is -0.143. The number of carbonyl (C=O) groups excluding carboxylic acids is 1. The first-order valence-corrected chi connectivity index (χ1v) is 6.89. The van der Waals surface area contributed by atoms with Crippen LogP contribution in [0.3, 0.4) is 0 Å². The van der Waals surface area contributed by atoms with E-state index >= 15 is 0 Å². The van der Waals surface area contributed by atoms with Gasteiger partial charge >= 0.3 is 0 Å². The Kier molecular flexibility index (Phi) is 6.86. The maximum atomic E-state index is 12.7. The van der Waals surface area contributed by atoms with E-state index in [-0.39, 0.29) is 16.7 Å². The van der Waals surface area contributed by atoms with Gasteiger partial charge in [-0.05, 0) is 18.3 Å². The van der Waals surface area contributed by atoms with E-state index in [2.05, 4.69) is 34.6 Å². The number of nitrogens with zero attached hydrogens (tertiary/aromatic N) is 1. The minimum absolute atomic E-state index is 0.136. The number of nitrogens with two attached hydrogens (primary N) is 2. The minimum Gasteiger partial charge on any atom is -0.340 e. The molecule has 0 spiro atoms. The molecule has 0 bridgehead atoms. The second kappa shape index (κ2) is 7.10. The molecule has 0 heterocycles. The molecule has 0 aromatic carbocycles. The molecular formula is C14H31N3O. The molecule has 1 unspecified atom stereocenters. The molecule has 18 heavy (non-hydrogen) atoms. The Labute approximate surface area is 112 Å². The maximum absolute atomic E-state index is 12.7. The van der Waals surface area contributed by atoms with Gasteiger partial charge in [-0.2, -0.15) is 0 Å². The number of hydrogen-bond acceptors (Lipinski definition) is 3. The van der Waals surface area contributed by atoms with Crippen molar-refractivity contribution >= 4 is 5.91 Å². The maximum Gasteiger partial charge on any atom is 0.228 e. The van der Waals surface area contributed by atoms with Crippen molar-refractivity contribution in [1.82, 2.24) is 4.90 Å². The summed E-state index contributed by atoms with van der Waals surface area (Å²) in [5, 5.41) is 0. The van der Waals surface area contributed by atoms with Crippen molar-refractivity contribution in [2.24, 2.45) is 22.3 Å². The lowest BCUT2D eigenvalue weighted by atomic mass is 9.72. The number of rotatable bonds is 7. The Bertz CT molecular complexity index is 254. The Balaban J connectivity index is 4.94. The summed E-state index contributed by atoms with van der Waals surface area (Å²) in [6, 6.07) is 0. The molecule has 0 fully saturated rings. The predicted octanol–water partition coefficient (Wildman–Crippen LogP) is 1.58. The van der Waals surface area contributed by atoms with Gasteiger partial charge in [-0.25, -0.2) is 0 Å². The summed E-state index contributed by atoms with van der Waals surface area (Å²) < 4.78 is 0. The van der Waals surface area contributed by atoms with Crippen molar-refractivity contribution < 1.29 is 4.79 Å². The van der Waals surface area contributed by atoms with Crippen molar-refractivity contribution in [3.05, 3.63) is 0 Å². The number of amides is 1. The van der Waals surface area contributed by atoms with Crippen LogP contribution in [0, 0.1) is 10.8 Å². The molecule has 1 atom stereocenters. The first-order chi connectivity index (χ1) is 8.20. The Morgan fingerprint density at radius 2 is 1.50 bits per heavy atom. The van der Waals surface area contributed by atoms with E-state index in [0.29, 0.717) is 26.2 Å². The quantitative estimate of drug-likeness (QED) is 0.727. The normalized spacial score (nSPS) is 15.3. The molecule has 0 radical (unpaired) electrons. The van der Waals surface area contributed by atoms with E-state index < -0.39 is 0 Å². The van der Waals surface area contributed by atoms with Gasteiger partial charge in [0.25, 0.3) is 0 Å². The van der Waals surface area contributed by atoms with Crippen LogP contribution in [0.4, 0.5) is 0 Å². The zero-order valence-electron chi connectivity index (χ0n) is 12.8. The largest absolute Gasteiger partial charge is 0.340 e. The summed E-state index contributed by atoms with van der Waals surface area (Å²) in [6.07, 6.45) is 1.72. The van der Waals surface area contributed by atoms with Gasteiger partial charge in [0.2, 0.25) is 5.91 Å². The number of hydrogen-bond donors (Lipinski definition) is 2. The van der Waals surface area contributed by atoms with Gasteiger partial charge in [-0.3, -0.25) is 4.79 Å². The molecule has 4 nitrogen and oxygen atoms in total. The van der Waals surface area contributed by atoms with Gasteiger partial charge < -0.3 is 16.4 Å². The third-order valence-corrected chi connectivity index (χ3v) is 3.30. The molecule has 108 valence electrons. The summed E-state index contributed by atoms with van der Waals surface area (Å²) in [5.74, 6) is 0.191. The average molecular weight is 257 g/mol. The molecule has 1 amide bonds. The van der Waals surface area contributed by atoms with Crippen LogP contribution in [-0.4, -0.2) is 37.0 Å². The zero-order chi connectivity index (χ0) is 14.4. The fourth-order valence-electron chi connectivity index (χ4n) is 2.53. The standard InChI is InChI=1S/C14H31N3O/c1-6-14(5,11-13(2,3)4)12(18)17(9-7-15)10-8-16/h6-11,15-16H2,1-5H3. The Hall–Kier alpha value is -0.610. The summed E-state index contributed by atoms with van der Waals surface area (Å²) in [4.78, 5) is 14.5. The van der Waals surface area contributed by atoms with Gasteiger partial charge in [0.15, 0.2) is 0 Å². The summed E-state index contributed by atoms with van der Waals surface area (Å²) in [7, 11) is 0. The molecule has 0 rings (SSSR count). The van der Waals surface area contributed by atoms with Crippen LogP contribution in [0.15, 0.2) is 0 Å². The molecule has 0 aliphatic heterocycles. The highest BCUT2D eigenvalue weighted by Crippen LogP contribution is 2.37. The van der Waals surface area contributed by atoms with Crippen molar-refractivity contribution in [2.75, 3.05) is 26.2 Å². The van der Waals surface area contributed by atoms with E-state index in [1.807, 2.05) is 4.90 Å². The van der Waals surface area contributed by atoms with Crippen LogP contribution in [0.1, 0.15) is 47.5 Å².